The molecule has 0 atom stereocenters. The fraction of sp³-hybridized carbons (Fsp3) is 0.333. The lowest BCUT2D eigenvalue weighted by Gasteiger charge is -2.18. The fourth-order valence-electron chi connectivity index (χ4n) is 2.55. The third-order valence-electron chi connectivity index (χ3n) is 3.57. The molecule has 0 saturated carbocycles. The molecule has 1 aromatic heterocycles. The minimum Gasteiger partial charge on any atom is -0.497 e. The molecule has 2 heterocycles. The van der Waals surface area contributed by atoms with Gasteiger partial charge >= 0.3 is 0 Å². The molecule has 2 aromatic rings. The summed E-state index contributed by atoms with van der Waals surface area (Å²) in [5.74, 6) is 1.58. The van der Waals surface area contributed by atoms with Crippen LogP contribution >= 0.6 is 0 Å². The van der Waals surface area contributed by atoms with Crippen molar-refractivity contribution in [2.45, 2.75) is 12.8 Å². The Kier molecular flexibility index (Phi) is 3.07. The van der Waals surface area contributed by atoms with Gasteiger partial charge in [0.1, 0.15) is 11.6 Å². The number of ether oxygens (including phenoxy) is 1. The molecule has 19 heavy (non-hydrogen) atoms. The number of carbonyl (C=O) groups is 1. The van der Waals surface area contributed by atoms with Gasteiger partial charge in [-0.25, -0.2) is 4.98 Å². The van der Waals surface area contributed by atoms with Gasteiger partial charge in [0.05, 0.1) is 18.2 Å². The highest BCUT2D eigenvalue weighted by atomic mass is 16.5. The summed E-state index contributed by atoms with van der Waals surface area (Å²) in [6.45, 7) is 1.95. The van der Waals surface area contributed by atoms with E-state index in [1.807, 2.05) is 24.3 Å². The second-order valence-corrected chi connectivity index (χ2v) is 4.77. The quantitative estimate of drug-likeness (QED) is 0.792. The lowest BCUT2D eigenvalue weighted by Crippen LogP contribution is -2.20. The molecule has 0 amide bonds. The van der Waals surface area contributed by atoms with E-state index in [1.54, 1.807) is 7.11 Å². The third-order valence-corrected chi connectivity index (χ3v) is 3.57. The smallest absolute Gasteiger partial charge is 0.153 e. The van der Waals surface area contributed by atoms with E-state index in [1.165, 1.54) is 0 Å². The van der Waals surface area contributed by atoms with Gasteiger partial charge in [0, 0.05) is 24.5 Å². The van der Waals surface area contributed by atoms with Crippen molar-refractivity contribution in [2.24, 2.45) is 0 Å². The number of carbonyl (C=O) groups excluding carboxylic acids is 1. The van der Waals surface area contributed by atoms with Gasteiger partial charge in [-0.15, -0.1) is 0 Å². The van der Waals surface area contributed by atoms with E-state index in [9.17, 15) is 4.79 Å². The summed E-state index contributed by atoms with van der Waals surface area (Å²) in [6, 6.07) is 7.63. The maximum atomic E-state index is 11.3. The van der Waals surface area contributed by atoms with E-state index in [4.69, 9.17) is 4.74 Å². The van der Waals surface area contributed by atoms with Crippen LogP contribution in [0.2, 0.25) is 0 Å². The van der Waals surface area contributed by atoms with Crippen LogP contribution in [0.5, 0.6) is 5.75 Å². The van der Waals surface area contributed by atoms with Crippen molar-refractivity contribution < 1.29 is 9.53 Å². The number of nitrogens with zero attached hydrogens (tertiary/aromatic N) is 2. The monoisotopic (exact) mass is 256 g/mol. The lowest BCUT2D eigenvalue weighted by atomic mass is 10.1. The molecule has 0 bridgehead atoms. The summed E-state index contributed by atoms with van der Waals surface area (Å²) in [7, 11) is 1.64. The topological polar surface area (TPSA) is 42.4 Å². The Balaban J connectivity index is 2.15. The third kappa shape index (κ3) is 2.14. The van der Waals surface area contributed by atoms with Crippen LogP contribution in [0.25, 0.3) is 10.9 Å². The zero-order valence-corrected chi connectivity index (χ0v) is 10.9. The number of aromatic nitrogens is 1. The van der Waals surface area contributed by atoms with Gasteiger partial charge in [-0.05, 0) is 31.0 Å². The van der Waals surface area contributed by atoms with Crippen LogP contribution in [-0.4, -0.2) is 31.5 Å². The summed E-state index contributed by atoms with van der Waals surface area (Å²) in [4.78, 5) is 18.1. The number of aldehydes is 1. The van der Waals surface area contributed by atoms with Crippen molar-refractivity contribution in [3.05, 3.63) is 29.8 Å². The van der Waals surface area contributed by atoms with Crippen molar-refractivity contribution in [2.75, 3.05) is 25.1 Å². The average Bonchev–Trinajstić information content (AvgIpc) is 2.99. The molecule has 0 spiro atoms. The van der Waals surface area contributed by atoms with Crippen LogP contribution in [0.15, 0.2) is 24.3 Å². The number of benzene rings is 1. The van der Waals surface area contributed by atoms with Crippen LogP contribution in [0.4, 0.5) is 5.82 Å². The Morgan fingerprint density at radius 1 is 1.26 bits per heavy atom. The highest BCUT2D eigenvalue weighted by Crippen LogP contribution is 2.27. The van der Waals surface area contributed by atoms with Gasteiger partial charge in [-0.1, -0.05) is 0 Å². The van der Waals surface area contributed by atoms with E-state index >= 15 is 0 Å². The molecule has 0 radical (unpaired) electrons. The first-order chi connectivity index (χ1) is 9.31. The number of hydrogen-bond donors (Lipinski definition) is 0. The Hall–Kier alpha value is -2.10. The van der Waals surface area contributed by atoms with Crippen LogP contribution in [-0.2, 0) is 0 Å². The number of hydrogen-bond acceptors (Lipinski definition) is 4. The molecule has 4 nitrogen and oxygen atoms in total. The van der Waals surface area contributed by atoms with Crippen molar-refractivity contribution in [3.63, 3.8) is 0 Å². The number of fused-ring (bicyclic) bond motifs is 1. The predicted molar refractivity (Wildman–Crippen MR) is 75.1 cm³/mol. The summed E-state index contributed by atoms with van der Waals surface area (Å²) in [5.41, 5.74) is 1.53. The van der Waals surface area contributed by atoms with Crippen molar-refractivity contribution in [1.82, 2.24) is 4.98 Å². The first-order valence-corrected chi connectivity index (χ1v) is 6.51. The number of methoxy groups -OCH3 is 1. The van der Waals surface area contributed by atoms with Gasteiger partial charge < -0.3 is 9.64 Å². The van der Waals surface area contributed by atoms with Crippen molar-refractivity contribution in [1.29, 1.82) is 0 Å². The normalized spacial score (nSPS) is 14.9. The maximum absolute atomic E-state index is 11.3. The number of anilines is 1. The van der Waals surface area contributed by atoms with E-state index in [0.29, 0.717) is 5.56 Å². The largest absolute Gasteiger partial charge is 0.497 e. The van der Waals surface area contributed by atoms with E-state index in [2.05, 4.69) is 9.88 Å². The summed E-state index contributed by atoms with van der Waals surface area (Å²) < 4.78 is 5.22. The molecule has 1 aliphatic rings. The zero-order valence-electron chi connectivity index (χ0n) is 10.9. The first kappa shape index (κ1) is 12.0. The second-order valence-electron chi connectivity index (χ2n) is 4.77. The van der Waals surface area contributed by atoms with E-state index in [0.717, 1.165) is 54.7 Å². The van der Waals surface area contributed by atoms with Gasteiger partial charge in [0.15, 0.2) is 6.29 Å². The van der Waals surface area contributed by atoms with Crippen molar-refractivity contribution >= 4 is 23.0 Å². The van der Waals surface area contributed by atoms with Crippen molar-refractivity contribution in [3.8, 4) is 5.75 Å². The van der Waals surface area contributed by atoms with Crippen LogP contribution in [0, 0.1) is 0 Å². The second kappa shape index (κ2) is 4.88. The fourth-order valence-corrected chi connectivity index (χ4v) is 2.55. The minimum absolute atomic E-state index is 0.666. The molecule has 0 unspecified atom stereocenters. The molecule has 1 saturated heterocycles. The Morgan fingerprint density at radius 2 is 2.05 bits per heavy atom. The van der Waals surface area contributed by atoms with Gasteiger partial charge in [-0.3, -0.25) is 4.79 Å². The molecule has 4 heteroatoms. The van der Waals surface area contributed by atoms with Crippen LogP contribution in [0.3, 0.4) is 0 Å². The van der Waals surface area contributed by atoms with E-state index in [-0.39, 0.29) is 0 Å². The molecule has 0 N–H and O–H groups in total. The first-order valence-electron chi connectivity index (χ1n) is 6.51. The molecule has 1 aromatic carbocycles. The molecular formula is C15H16N2O2. The highest BCUT2D eigenvalue weighted by Gasteiger charge is 2.17. The van der Waals surface area contributed by atoms with E-state index < -0.39 is 0 Å². The predicted octanol–water partition coefficient (Wildman–Crippen LogP) is 2.66. The van der Waals surface area contributed by atoms with Crippen LogP contribution < -0.4 is 9.64 Å². The Labute approximate surface area is 112 Å². The number of rotatable bonds is 3. The van der Waals surface area contributed by atoms with Gasteiger partial charge in [0.25, 0.3) is 0 Å². The Bertz CT molecular complexity index is 619. The lowest BCUT2D eigenvalue weighted by molar-refractivity contribution is 0.112. The van der Waals surface area contributed by atoms with Gasteiger partial charge in [0.2, 0.25) is 0 Å². The number of pyridine rings is 1. The molecular weight excluding hydrogens is 240 g/mol. The summed E-state index contributed by atoms with van der Waals surface area (Å²) >= 11 is 0. The SMILES string of the molecule is COc1ccc2cc(C=O)c(N3CCCC3)nc2c1. The van der Waals surface area contributed by atoms with Gasteiger partial charge in [-0.2, -0.15) is 0 Å². The highest BCUT2D eigenvalue weighted by molar-refractivity contribution is 5.92. The molecule has 1 fully saturated rings. The molecule has 1 aliphatic heterocycles. The molecule has 98 valence electrons. The Morgan fingerprint density at radius 3 is 2.74 bits per heavy atom. The maximum Gasteiger partial charge on any atom is 0.153 e. The summed E-state index contributed by atoms with van der Waals surface area (Å²) in [6.07, 6.45) is 3.22. The minimum atomic E-state index is 0.666. The average molecular weight is 256 g/mol. The summed E-state index contributed by atoms with van der Waals surface area (Å²) in [5, 5.41) is 0.964. The molecule has 3 rings (SSSR count). The van der Waals surface area contributed by atoms with Crippen LogP contribution in [0.1, 0.15) is 23.2 Å². The zero-order chi connectivity index (χ0) is 13.2. The standard InChI is InChI=1S/C15H16N2O2/c1-19-13-5-4-11-8-12(10-18)15(16-14(11)9-13)17-6-2-3-7-17/h4-5,8-10H,2-3,6-7H2,1H3. The molecule has 0 aliphatic carbocycles.